The molecule has 1 aliphatic heterocycles. The molecular weight excluding hydrogens is 501 g/mol. The topological polar surface area (TPSA) is 160 Å². The zero-order chi connectivity index (χ0) is 26.7. The van der Waals surface area contributed by atoms with Gasteiger partial charge < -0.3 is 29.4 Å². The van der Waals surface area contributed by atoms with Crippen LogP contribution in [0.5, 0.6) is 5.75 Å². The van der Waals surface area contributed by atoms with Crippen LogP contribution in [0, 0.1) is 5.92 Å². The van der Waals surface area contributed by atoms with Crippen molar-refractivity contribution in [3.05, 3.63) is 48.9 Å². The summed E-state index contributed by atoms with van der Waals surface area (Å²) in [6, 6.07) is 9.21. The molecule has 2 unspecified atom stereocenters. The van der Waals surface area contributed by atoms with E-state index in [0.717, 1.165) is 0 Å². The summed E-state index contributed by atoms with van der Waals surface area (Å²) in [6.07, 6.45) is 0.397. The third-order valence-corrected chi connectivity index (χ3v) is 7.58. The van der Waals surface area contributed by atoms with Crippen LogP contribution < -0.4 is 15.3 Å². The number of aliphatic hydroxyl groups is 1. The Morgan fingerprint density at radius 3 is 2.68 bits per heavy atom. The number of carbonyl (C=O) groups is 1. The number of esters is 1. The number of nitrogens with zero attached hydrogens (tertiary/aromatic N) is 3. The van der Waals surface area contributed by atoms with Gasteiger partial charge in [0, 0.05) is 12.1 Å². The number of nitrogens with two attached hydrogens (primary N) is 1. The lowest BCUT2D eigenvalue weighted by atomic mass is 10.0. The van der Waals surface area contributed by atoms with E-state index in [1.807, 2.05) is 6.92 Å². The van der Waals surface area contributed by atoms with E-state index in [-0.39, 0.29) is 24.4 Å². The van der Waals surface area contributed by atoms with E-state index in [2.05, 4.69) is 15.1 Å². The summed E-state index contributed by atoms with van der Waals surface area (Å²) >= 11 is 0. The Bertz CT molecular complexity index is 1270. The van der Waals surface area contributed by atoms with Crippen molar-refractivity contribution in [2.75, 3.05) is 12.3 Å². The van der Waals surface area contributed by atoms with Crippen LogP contribution >= 0.6 is 7.75 Å². The van der Waals surface area contributed by atoms with E-state index in [9.17, 15) is 14.5 Å². The number of aliphatic hydroxyl groups excluding tert-OH is 1. The van der Waals surface area contributed by atoms with Gasteiger partial charge in [0.05, 0.1) is 24.2 Å². The highest BCUT2D eigenvalue weighted by Gasteiger charge is 2.44. The molecule has 13 heteroatoms. The van der Waals surface area contributed by atoms with Gasteiger partial charge in [-0.15, -0.1) is 0 Å². The minimum Gasteiger partial charge on any atom is -0.462 e. The molecule has 0 radical (unpaired) electrons. The second-order valence-corrected chi connectivity index (χ2v) is 10.9. The van der Waals surface area contributed by atoms with Gasteiger partial charge in [-0.25, -0.2) is 14.5 Å². The summed E-state index contributed by atoms with van der Waals surface area (Å²) in [5.74, 6) is -0.354. The zero-order valence-corrected chi connectivity index (χ0v) is 21.9. The first kappa shape index (κ1) is 27.0. The number of nitrogens with one attached hydrogen (secondary N) is 1. The second kappa shape index (κ2) is 11.2. The number of ether oxygens (including phenoxy) is 2. The smallest absolute Gasteiger partial charge is 0.459 e. The van der Waals surface area contributed by atoms with Gasteiger partial charge in [0.2, 0.25) is 0 Å². The fourth-order valence-electron chi connectivity index (χ4n) is 4.05. The minimum atomic E-state index is -4.10. The molecule has 6 atom stereocenters. The first-order chi connectivity index (χ1) is 17.6. The molecule has 3 aromatic rings. The molecule has 4 rings (SSSR count). The van der Waals surface area contributed by atoms with Crippen LogP contribution in [0.3, 0.4) is 0 Å². The van der Waals surface area contributed by atoms with E-state index in [0.29, 0.717) is 16.9 Å². The second-order valence-electron chi connectivity index (χ2n) is 9.17. The summed E-state index contributed by atoms with van der Waals surface area (Å²) in [5.41, 5.74) is 6.51. The average Bonchev–Trinajstić information content (AvgIpc) is 3.40. The molecule has 0 aliphatic carbocycles. The summed E-state index contributed by atoms with van der Waals surface area (Å²) < 4.78 is 38.2. The Hall–Kier alpha value is -3.02. The number of para-hydroxylation sites is 1. The van der Waals surface area contributed by atoms with Gasteiger partial charge in [0.25, 0.3) is 0 Å². The highest BCUT2D eigenvalue weighted by Crippen LogP contribution is 2.46. The molecule has 2 aromatic heterocycles. The maximum atomic E-state index is 13.7. The zero-order valence-electron chi connectivity index (χ0n) is 21.1. The number of nitrogen functional groups attached to an aromatic ring is 1. The van der Waals surface area contributed by atoms with Crippen molar-refractivity contribution in [2.24, 2.45) is 5.92 Å². The average molecular weight is 534 g/mol. The van der Waals surface area contributed by atoms with Crippen molar-refractivity contribution < 1.29 is 33.0 Å². The molecule has 0 saturated carbocycles. The van der Waals surface area contributed by atoms with Crippen LogP contribution in [-0.2, 0) is 23.4 Å². The van der Waals surface area contributed by atoms with Gasteiger partial charge in [-0.2, -0.15) is 5.09 Å². The normalized spacial score (nSPS) is 24.2. The molecule has 0 bridgehead atoms. The summed E-state index contributed by atoms with van der Waals surface area (Å²) in [6.45, 7) is 6.48. The van der Waals surface area contributed by atoms with Gasteiger partial charge >= 0.3 is 13.7 Å². The van der Waals surface area contributed by atoms with Crippen molar-refractivity contribution in [2.45, 2.75) is 58.3 Å². The molecule has 0 amide bonds. The third-order valence-electron chi connectivity index (χ3n) is 5.93. The van der Waals surface area contributed by atoms with E-state index < -0.39 is 38.2 Å². The van der Waals surface area contributed by atoms with Gasteiger partial charge in [-0.1, -0.05) is 25.1 Å². The molecule has 37 heavy (non-hydrogen) atoms. The highest BCUT2D eigenvalue weighted by molar-refractivity contribution is 7.52. The standard InChI is InChI=1S/C24H32N5O7P/c1-14(2)34-24(31)16(4)28-37(32,36-17-8-6-5-7-9-17)33-12-19-20(30)15(3)23(35-19)29-11-10-18-21(25)26-13-27-22(18)29/h5-11,13-16,19-20,23,30H,12H2,1-4H3,(H,28,32)(H2,25,26,27)/t15-,16?,19+,20-,23+,37?/m0/s1. The first-order valence-corrected chi connectivity index (χ1v) is 13.5. The number of anilines is 1. The van der Waals surface area contributed by atoms with Crippen molar-refractivity contribution >= 4 is 30.6 Å². The van der Waals surface area contributed by atoms with Crippen molar-refractivity contribution in [1.82, 2.24) is 19.6 Å². The molecule has 200 valence electrons. The fourth-order valence-corrected chi connectivity index (χ4v) is 5.55. The predicted octanol–water partition coefficient (Wildman–Crippen LogP) is 3.04. The quantitative estimate of drug-likeness (QED) is 0.260. The number of fused-ring (bicyclic) bond motifs is 1. The van der Waals surface area contributed by atoms with Crippen LogP contribution in [0.15, 0.2) is 48.9 Å². The molecular formula is C24H32N5O7P. The molecule has 1 aliphatic rings. The highest BCUT2D eigenvalue weighted by atomic mass is 31.2. The number of rotatable bonds is 10. The summed E-state index contributed by atoms with van der Waals surface area (Å²) in [4.78, 5) is 20.6. The van der Waals surface area contributed by atoms with E-state index in [1.54, 1.807) is 61.0 Å². The van der Waals surface area contributed by atoms with Crippen LogP contribution in [0.25, 0.3) is 11.0 Å². The Kier molecular flexibility index (Phi) is 8.15. The SMILES string of the molecule is CC(C)OC(=O)C(C)NP(=O)(OC[C@H]1O[C@@H](n2ccc3c(N)ncnc32)[C@@H](C)[C@@H]1O)Oc1ccccc1. The molecule has 12 nitrogen and oxygen atoms in total. The predicted molar refractivity (Wildman–Crippen MR) is 135 cm³/mol. The number of benzene rings is 1. The summed E-state index contributed by atoms with van der Waals surface area (Å²) in [7, 11) is -4.10. The molecule has 1 fully saturated rings. The van der Waals surface area contributed by atoms with Crippen LogP contribution in [-0.4, -0.2) is 56.6 Å². The van der Waals surface area contributed by atoms with Gasteiger partial charge in [0.1, 0.15) is 41.9 Å². The molecule has 1 aromatic carbocycles. The summed E-state index contributed by atoms with van der Waals surface area (Å²) in [5, 5.41) is 14.2. The van der Waals surface area contributed by atoms with Gasteiger partial charge in [0.15, 0.2) is 0 Å². The van der Waals surface area contributed by atoms with Crippen LogP contribution in [0.4, 0.5) is 5.82 Å². The van der Waals surface area contributed by atoms with Crippen molar-refractivity contribution in [3.8, 4) is 5.75 Å². The van der Waals surface area contributed by atoms with E-state index in [1.165, 1.54) is 13.3 Å². The Morgan fingerprint density at radius 2 is 1.97 bits per heavy atom. The number of hydrogen-bond acceptors (Lipinski definition) is 10. The Morgan fingerprint density at radius 1 is 1.24 bits per heavy atom. The lowest BCUT2D eigenvalue weighted by Crippen LogP contribution is -2.37. The minimum absolute atomic E-state index is 0.276. The first-order valence-electron chi connectivity index (χ1n) is 12.0. The van der Waals surface area contributed by atoms with Gasteiger partial charge in [-0.3, -0.25) is 9.32 Å². The lowest BCUT2D eigenvalue weighted by molar-refractivity contribution is -0.149. The Labute approximate surface area is 214 Å². The molecule has 3 heterocycles. The maximum absolute atomic E-state index is 13.7. The lowest BCUT2D eigenvalue weighted by Gasteiger charge is -2.25. The third kappa shape index (κ3) is 6.11. The largest absolute Gasteiger partial charge is 0.462 e. The van der Waals surface area contributed by atoms with E-state index >= 15 is 0 Å². The van der Waals surface area contributed by atoms with E-state index in [4.69, 9.17) is 24.3 Å². The van der Waals surface area contributed by atoms with Crippen molar-refractivity contribution in [3.63, 3.8) is 0 Å². The Balaban J connectivity index is 1.50. The number of hydrogen-bond donors (Lipinski definition) is 3. The molecule has 4 N–H and O–H groups in total. The maximum Gasteiger partial charge on any atom is 0.459 e. The van der Waals surface area contributed by atoms with Crippen LogP contribution in [0.2, 0.25) is 0 Å². The van der Waals surface area contributed by atoms with Crippen LogP contribution in [0.1, 0.15) is 33.9 Å². The monoisotopic (exact) mass is 533 g/mol. The molecule has 0 spiro atoms. The molecule has 1 saturated heterocycles. The van der Waals surface area contributed by atoms with Gasteiger partial charge in [-0.05, 0) is 39.0 Å². The number of aromatic nitrogens is 3. The number of carbonyl (C=O) groups excluding carboxylic acids is 1. The fraction of sp³-hybridized carbons (Fsp3) is 0.458. The van der Waals surface area contributed by atoms with Crippen molar-refractivity contribution in [1.29, 1.82) is 0 Å².